The molecule has 2 rings (SSSR count). The lowest BCUT2D eigenvalue weighted by atomic mass is 10.1. The number of likely N-dealkylation sites (tertiary alicyclic amines) is 1. The third-order valence-corrected chi connectivity index (χ3v) is 4.58. The molecular weight excluding hydrogens is 488 g/mol. The maximum absolute atomic E-state index is 13.3. The van der Waals surface area contributed by atoms with E-state index in [1.807, 2.05) is 12.1 Å². The average molecular weight is 514 g/mol. The summed E-state index contributed by atoms with van der Waals surface area (Å²) in [6, 6.07) is 5.12. The molecule has 0 amide bonds. The van der Waals surface area contributed by atoms with Crippen LogP contribution < -0.4 is 5.32 Å². The summed E-state index contributed by atoms with van der Waals surface area (Å²) in [7, 11) is 1.75. The summed E-state index contributed by atoms with van der Waals surface area (Å²) in [5.74, 6) is 1.32. The highest BCUT2D eigenvalue weighted by molar-refractivity contribution is 14.0. The summed E-state index contributed by atoms with van der Waals surface area (Å²) in [4.78, 5) is 7.02. The van der Waals surface area contributed by atoms with Crippen LogP contribution >= 0.6 is 39.9 Å². The summed E-state index contributed by atoms with van der Waals surface area (Å²) in [5, 5.41) is 3.36. The molecule has 4 nitrogen and oxygen atoms in total. The molecular formula is C17H26BrFIN3O. The molecule has 0 saturated carbocycles. The van der Waals surface area contributed by atoms with Crippen molar-refractivity contribution >= 4 is 45.9 Å². The smallest absolute Gasteiger partial charge is 0.193 e. The van der Waals surface area contributed by atoms with Crippen LogP contribution in [-0.2, 0) is 11.2 Å². The molecule has 0 spiro atoms. The SMILES string of the molecule is CCNC(=NCCc1ccc(F)c(Br)c1)N1CCC(COC)C1.I. The van der Waals surface area contributed by atoms with Gasteiger partial charge in [0.05, 0.1) is 11.1 Å². The van der Waals surface area contributed by atoms with E-state index in [1.165, 1.54) is 6.07 Å². The zero-order valence-corrected chi connectivity index (χ0v) is 18.1. The third-order valence-electron chi connectivity index (χ3n) is 3.97. The molecule has 0 aromatic heterocycles. The van der Waals surface area contributed by atoms with E-state index in [2.05, 4.69) is 33.1 Å². The number of nitrogens with one attached hydrogen (secondary N) is 1. The van der Waals surface area contributed by atoms with Crippen LogP contribution in [0.25, 0.3) is 0 Å². The standard InChI is InChI=1S/C17H25BrFN3O.HI/c1-3-20-17(22-9-7-14(11-22)12-23-2)21-8-6-13-4-5-16(19)15(18)10-13;/h4-5,10,14H,3,6-9,11-12H2,1-2H3,(H,20,21);1H. The fourth-order valence-electron chi connectivity index (χ4n) is 2.81. The fraction of sp³-hybridized carbons (Fsp3) is 0.588. The van der Waals surface area contributed by atoms with Gasteiger partial charge >= 0.3 is 0 Å². The Hall–Kier alpha value is -0.410. The maximum atomic E-state index is 13.3. The van der Waals surface area contributed by atoms with Gasteiger partial charge in [0.1, 0.15) is 5.82 Å². The van der Waals surface area contributed by atoms with Gasteiger partial charge in [0.25, 0.3) is 0 Å². The molecule has 1 fully saturated rings. The molecule has 1 aromatic rings. The lowest BCUT2D eigenvalue weighted by Gasteiger charge is -2.21. The van der Waals surface area contributed by atoms with Crippen LogP contribution in [0.5, 0.6) is 0 Å². The van der Waals surface area contributed by atoms with Crippen LogP contribution in [0, 0.1) is 11.7 Å². The van der Waals surface area contributed by atoms with Crippen molar-refractivity contribution in [2.75, 3.05) is 39.9 Å². The van der Waals surface area contributed by atoms with E-state index in [-0.39, 0.29) is 29.8 Å². The van der Waals surface area contributed by atoms with Gasteiger partial charge in [-0.15, -0.1) is 24.0 Å². The molecule has 0 bridgehead atoms. The highest BCUT2D eigenvalue weighted by Crippen LogP contribution is 2.18. The Kier molecular flexibility index (Phi) is 10.1. The Morgan fingerprint density at radius 3 is 2.96 bits per heavy atom. The first-order chi connectivity index (χ1) is 11.1. The quantitative estimate of drug-likeness (QED) is 0.358. The molecule has 1 saturated heterocycles. The lowest BCUT2D eigenvalue weighted by molar-refractivity contribution is 0.157. The summed E-state index contributed by atoms with van der Waals surface area (Å²) in [6.45, 7) is 6.43. The summed E-state index contributed by atoms with van der Waals surface area (Å²) in [6.07, 6.45) is 1.94. The van der Waals surface area contributed by atoms with Crippen molar-refractivity contribution in [3.63, 3.8) is 0 Å². The van der Waals surface area contributed by atoms with Gasteiger partial charge in [-0.05, 0) is 53.4 Å². The molecule has 136 valence electrons. The maximum Gasteiger partial charge on any atom is 0.193 e. The third kappa shape index (κ3) is 6.48. The van der Waals surface area contributed by atoms with Crippen molar-refractivity contribution in [3.8, 4) is 0 Å². The predicted octanol–water partition coefficient (Wildman–Crippen LogP) is 3.68. The number of benzene rings is 1. The molecule has 1 heterocycles. The number of hydrogen-bond donors (Lipinski definition) is 1. The number of guanidine groups is 1. The second-order valence-electron chi connectivity index (χ2n) is 5.79. The van der Waals surface area contributed by atoms with Gasteiger partial charge in [-0.2, -0.15) is 0 Å². The van der Waals surface area contributed by atoms with E-state index in [0.29, 0.717) is 16.9 Å². The van der Waals surface area contributed by atoms with Crippen molar-refractivity contribution in [2.24, 2.45) is 10.9 Å². The minimum Gasteiger partial charge on any atom is -0.384 e. The van der Waals surface area contributed by atoms with Crippen molar-refractivity contribution < 1.29 is 9.13 Å². The zero-order valence-electron chi connectivity index (χ0n) is 14.2. The van der Waals surface area contributed by atoms with Gasteiger partial charge < -0.3 is 15.0 Å². The molecule has 1 aromatic carbocycles. The molecule has 0 aliphatic carbocycles. The number of hydrogen-bond acceptors (Lipinski definition) is 2. The fourth-order valence-corrected chi connectivity index (χ4v) is 3.23. The first kappa shape index (κ1) is 21.6. The van der Waals surface area contributed by atoms with E-state index in [9.17, 15) is 4.39 Å². The topological polar surface area (TPSA) is 36.9 Å². The zero-order chi connectivity index (χ0) is 16.7. The van der Waals surface area contributed by atoms with Crippen LogP contribution in [0.2, 0.25) is 0 Å². The Morgan fingerprint density at radius 2 is 2.29 bits per heavy atom. The Morgan fingerprint density at radius 1 is 1.50 bits per heavy atom. The van der Waals surface area contributed by atoms with E-state index in [1.54, 1.807) is 7.11 Å². The number of nitrogens with zero attached hydrogens (tertiary/aromatic N) is 2. The predicted molar refractivity (Wildman–Crippen MR) is 111 cm³/mol. The minimum absolute atomic E-state index is 0. The highest BCUT2D eigenvalue weighted by atomic mass is 127. The van der Waals surface area contributed by atoms with Gasteiger partial charge in [0.15, 0.2) is 5.96 Å². The molecule has 24 heavy (non-hydrogen) atoms. The second-order valence-corrected chi connectivity index (χ2v) is 6.64. The average Bonchev–Trinajstić information content (AvgIpc) is 2.99. The normalized spacial score (nSPS) is 17.8. The molecule has 1 aliphatic rings. The van der Waals surface area contributed by atoms with Crippen LogP contribution in [0.15, 0.2) is 27.7 Å². The van der Waals surface area contributed by atoms with Crippen molar-refractivity contribution in [3.05, 3.63) is 34.1 Å². The van der Waals surface area contributed by atoms with E-state index < -0.39 is 0 Å². The van der Waals surface area contributed by atoms with Crippen LogP contribution in [0.4, 0.5) is 4.39 Å². The van der Waals surface area contributed by atoms with Gasteiger partial charge in [0, 0.05) is 39.2 Å². The number of ether oxygens (including phenoxy) is 1. The van der Waals surface area contributed by atoms with E-state index in [0.717, 1.165) is 50.6 Å². The Bertz CT molecular complexity index is 545. The van der Waals surface area contributed by atoms with E-state index in [4.69, 9.17) is 9.73 Å². The lowest BCUT2D eigenvalue weighted by Crippen LogP contribution is -2.40. The molecule has 7 heteroatoms. The Labute approximate surface area is 169 Å². The van der Waals surface area contributed by atoms with Crippen LogP contribution in [0.1, 0.15) is 18.9 Å². The monoisotopic (exact) mass is 513 g/mol. The van der Waals surface area contributed by atoms with Gasteiger partial charge in [-0.25, -0.2) is 4.39 Å². The molecule has 1 atom stereocenters. The largest absolute Gasteiger partial charge is 0.384 e. The first-order valence-electron chi connectivity index (χ1n) is 8.10. The molecule has 0 radical (unpaired) electrons. The number of rotatable bonds is 6. The van der Waals surface area contributed by atoms with E-state index >= 15 is 0 Å². The van der Waals surface area contributed by atoms with Gasteiger partial charge in [-0.1, -0.05) is 6.07 Å². The van der Waals surface area contributed by atoms with Crippen molar-refractivity contribution in [1.29, 1.82) is 0 Å². The molecule has 1 aliphatic heterocycles. The summed E-state index contributed by atoms with van der Waals surface area (Å²) < 4.78 is 19.0. The van der Waals surface area contributed by atoms with Gasteiger partial charge in [-0.3, -0.25) is 4.99 Å². The summed E-state index contributed by atoms with van der Waals surface area (Å²) in [5.41, 5.74) is 1.08. The van der Waals surface area contributed by atoms with Crippen LogP contribution in [-0.4, -0.2) is 50.8 Å². The number of halogens is 3. The molecule has 1 N–H and O–H groups in total. The van der Waals surface area contributed by atoms with Gasteiger partial charge in [0.2, 0.25) is 0 Å². The van der Waals surface area contributed by atoms with Crippen LogP contribution in [0.3, 0.4) is 0 Å². The summed E-state index contributed by atoms with van der Waals surface area (Å²) >= 11 is 3.22. The van der Waals surface area contributed by atoms with Crippen molar-refractivity contribution in [1.82, 2.24) is 10.2 Å². The number of methoxy groups -OCH3 is 1. The molecule has 1 unspecified atom stereocenters. The first-order valence-corrected chi connectivity index (χ1v) is 8.89. The number of aliphatic imine (C=N–C) groups is 1. The second kappa shape index (κ2) is 11.3. The minimum atomic E-state index is -0.230. The van der Waals surface area contributed by atoms with Crippen molar-refractivity contribution in [2.45, 2.75) is 19.8 Å². The Balaban J connectivity index is 0.00000288. The highest BCUT2D eigenvalue weighted by Gasteiger charge is 2.24.